The number of aliphatic hydroxyl groups is 11. The molecular formula is C88H163NO18. The number of aliphatic hydroxyl groups excluding tert-OH is 11. The molecule has 0 aromatic heterocycles. The van der Waals surface area contributed by atoms with Crippen molar-refractivity contribution in [2.45, 2.75) is 478 Å². The summed E-state index contributed by atoms with van der Waals surface area (Å²) in [7, 11) is 0. The molecule has 0 aromatic rings. The van der Waals surface area contributed by atoms with Gasteiger partial charge in [0, 0.05) is 6.42 Å². The van der Waals surface area contributed by atoms with Crippen molar-refractivity contribution in [1.82, 2.24) is 5.32 Å². The van der Waals surface area contributed by atoms with Crippen LogP contribution in [0, 0.1) is 0 Å². The summed E-state index contributed by atoms with van der Waals surface area (Å²) in [4.78, 5) is 13.5. The van der Waals surface area contributed by atoms with Crippen LogP contribution < -0.4 is 5.32 Å². The summed E-state index contributed by atoms with van der Waals surface area (Å²) >= 11 is 0. The van der Waals surface area contributed by atoms with Gasteiger partial charge in [0.25, 0.3) is 0 Å². The second-order valence-corrected chi connectivity index (χ2v) is 31.7. The lowest BCUT2D eigenvalue weighted by atomic mass is 9.96. The van der Waals surface area contributed by atoms with Crippen LogP contribution in [0.1, 0.15) is 373 Å². The van der Waals surface area contributed by atoms with Gasteiger partial charge in [0.1, 0.15) is 73.2 Å². The highest BCUT2D eigenvalue weighted by molar-refractivity contribution is 5.76. The molecule has 0 radical (unpaired) electrons. The van der Waals surface area contributed by atoms with E-state index in [1.807, 2.05) is 6.08 Å². The summed E-state index contributed by atoms with van der Waals surface area (Å²) in [6, 6.07) is -0.975. The third-order valence-corrected chi connectivity index (χ3v) is 22.1. The van der Waals surface area contributed by atoms with Gasteiger partial charge in [0.05, 0.1) is 38.6 Å². The molecular weight excluding hydrogens is 1360 g/mol. The van der Waals surface area contributed by atoms with E-state index in [0.717, 1.165) is 57.8 Å². The minimum Gasteiger partial charge on any atom is -0.394 e. The lowest BCUT2D eigenvalue weighted by Crippen LogP contribution is -2.66. The van der Waals surface area contributed by atoms with Crippen molar-refractivity contribution in [2.75, 3.05) is 26.4 Å². The van der Waals surface area contributed by atoms with Gasteiger partial charge >= 0.3 is 0 Å². The Morgan fingerprint density at radius 2 is 0.617 bits per heavy atom. The number of carbonyl (C=O) groups excluding carboxylic acids is 1. The van der Waals surface area contributed by atoms with E-state index in [1.54, 1.807) is 6.08 Å². The molecule has 3 fully saturated rings. The van der Waals surface area contributed by atoms with E-state index in [-0.39, 0.29) is 18.9 Å². The number of hydrogen-bond acceptors (Lipinski definition) is 18. The topological polar surface area (TPSA) is 307 Å². The average Bonchev–Trinajstić information content (AvgIpc) is 0.781. The Balaban J connectivity index is 1.33. The molecule has 0 saturated carbocycles. The van der Waals surface area contributed by atoms with Gasteiger partial charge < -0.3 is 89.9 Å². The zero-order chi connectivity index (χ0) is 77.4. The first-order chi connectivity index (χ1) is 52.3. The van der Waals surface area contributed by atoms with Crippen molar-refractivity contribution in [2.24, 2.45) is 0 Å². The van der Waals surface area contributed by atoms with Crippen LogP contribution >= 0.6 is 0 Å². The number of hydrogen-bond donors (Lipinski definition) is 12. The second-order valence-electron chi connectivity index (χ2n) is 31.7. The molecule has 19 nitrogen and oxygen atoms in total. The van der Waals surface area contributed by atoms with E-state index in [4.69, 9.17) is 28.4 Å². The zero-order valence-electron chi connectivity index (χ0n) is 67.6. The van der Waals surface area contributed by atoms with Crippen molar-refractivity contribution in [3.8, 4) is 0 Å². The molecule has 3 heterocycles. The number of nitrogens with one attached hydrogen (secondary N) is 1. The van der Waals surface area contributed by atoms with Gasteiger partial charge in [-0.15, -0.1) is 0 Å². The molecule has 3 saturated heterocycles. The quantitative estimate of drug-likeness (QED) is 0.0199. The number of rotatable bonds is 72. The number of unbranched alkanes of at least 4 members (excludes halogenated alkanes) is 50. The molecule has 3 aliphatic rings. The summed E-state index contributed by atoms with van der Waals surface area (Å²) in [5.41, 5.74) is 0. The molecule has 0 aliphatic carbocycles. The highest BCUT2D eigenvalue weighted by Gasteiger charge is 2.54. The van der Waals surface area contributed by atoms with E-state index >= 15 is 0 Å². The molecule has 3 aliphatic heterocycles. The van der Waals surface area contributed by atoms with E-state index in [2.05, 4.69) is 55.6 Å². The fourth-order valence-electron chi connectivity index (χ4n) is 15.0. The Morgan fingerprint density at radius 3 is 0.963 bits per heavy atom. The molecule has 3 rings (SSSR count). The third kappa shape index (κ3) is 47.3. The molecule has 1 amide bonds. The molecule has 19 heteroatoms. The maximum atomic E-state index is 13.5. The van der Waals surface area contributed by atoms with Crippen LogP contribution in [-0.2, 0) is 33.2 Å². The fraction of sp³-hybridized carbons (Fsp3) is 0.898. The van der Waals surface area contributed by atoms with Crippen LogP contribution in [-0.4, -0.2) is 193 Å². The average molecular weight is 1520 g/mol. The summed E-state index contributed by atoms with van der Waals surface area (Å²) in [5, 5.41) is 121. The van der Waals surface area contributed by atoms with Crippen LogP contribution in [0.2, 0.25) is 0 Å². The van der Waals surface area contributed by atoms with Crippen LogP contribution in [0.5, 0.6) is 0 Å². The van der Waals surface area contributed by atoms with Gasteiger partial charge in [-0.05, 0) is 57.8 Å². The van der Waals surface area contributed by atoms with Gasteiger partial charge in [-0.3, -0.25) is 4.79 Å². The molecule has 0 aromatic carbocycles. The summed E-state index contributed by atoms with van der Waals surface area (Å²) < 4.78 is 34.5. The Labute approximate surface area is 650 Å². The van der Waals surface area contributed by atoms with E-state index < -0.39 is 124 Å². The first kappa shape index (κ1) is 98.9. The maximum absolute atomic E-state index is 13.5. The van der Waals surface area contributed by atoms with Crippen molar-refractivity contribution < 1.29 is 89.4 Å². The molecule has 107 heavy (non-hydrogen) atoms. The number of amides is 1. The minimum absolute atomic E-state index is 0.246. The van der Waals surface area contributed by atoms with Crippen LogP contribution in [0.3, 0.4) is 0 Å². The predicted octanol–water partition coefficient (Wildman–Crippen LogP) is 16.4. The maximum Gasteiger partial charge on any atom is 0.220 e. The molecule has 0 bridgehead atoms. The Kier molecular flexibility index (Phi) is 63.0. The SMILES string of the molecule is CCCCCCC/C=C\C/C=C\C/C=C\CCCCCCCCCCCCCCCCCCCCCCC(=O)NC(COC1OC(CO)C(OC2OC(CO)C(OC3OC(CO)C(O)C(O)C3O)C(O)C2O)C(O)C1O)C(O)/C=C/CCCCCCCCCCCCCCCCCCCCCCCCCCC. The number of allylic oxidation sites excluding steroid dienone is 7. The summed E-state index contributed by atoms with van der Waals surface area (Å²) in [6.07, 6.45) is 61.1. The van der Waals surface area contributed by atoms with E-state index in [1.165, 1.54) is 289 Å². The van der Waals surface area contributed by atoms with E-state index in [0.29, 0.717) is 6.42 Å². The van der Waals surface area contributed by atoms with Gasteiger partial charge in [0.15, 0.2) is 18.9 Å². The van der Waals surface area contributed by atoms with E-state index in [9.17, 15) is 61.0 Å². The lowest BCUT2D eigenvalue weighted by molar-refractivity contribution is -0.379. The second kappa shape index (κ2) is 68.2. The normalized spacial score (nSPS) is 25.7. The molecule has 17 unspecified atom stereocenters. The predicted molar refractivity (Wildman–Crippen MR) is 429 cm³/mol. The first-order valence-corrected chi connectivity index (χ1v) is 44.4. The van der Waals surface area contributed by atoms with Crippen molar-refractivity contribution in [3.05, 3.63) is 48.6 Å². The smallest absolute Gasteiger partial charge is 0.220 e. The van der Waals surface area contributed by atoms with Gasteiger partial charge in [-0.1, -0.05) is 358 Å². The Bertz CT molecular complexity index is 2120. The largest absolute Gasteiger partial charge is 0.394 e. The monoisotopic (exact) mass is 1520 g/mol. The minimum atomic E-state index is -1.98. The standard InChI is InChI=1S/C88H163NO18/c1-3-5-7-9-11-13-15-17-19-21-23-25-27-29-31-32-33-34-35-36-37-38-40-42-44-46-48-50-52-54-56-58-60-62-64-66-76(94)89-71(72(93)65-63-61-59-57-55-53-51-49-47-45-43-41-39-30-28-26-24-22-20-18-16-14-12-10-8-6-4-2)70-102-86-82(100)79(97)84(74(68-91)104-86)107-88-83(101)80(98)85(75(69-92)105-88)106-87-81(99)78(96)77(95)73(67-90)103-87/h15,17,21,23,27,29,63,65,71-75,77-88,90-93,95-101H,3-14,16,18-20,22,24-26,28,30-62,64,66-70H2,1-2H3,(H,89,94)/b17-15-,23-21-,29-27-,65-63+. The molecule has 628 valence electrons. The van der Waals surface area contributed by atoms with Crippen molar-refractivity contribution >= 4 is 5.91 Å². The highest BCUT2D eigenvalue weighted by atomic mass is 16.8. The van der Waals surface area contributed by atoms with Crippen molar-refractivity contribution in [1.29, 1.82) is 0 Å². The Morgan fingerprint density at radius 1 is 0.336 bits per heavy atom. The molecule has 17 atom stereocenters. The third-order valence-electron chi connectivity index (χ3n) is 22.1. The lowest BCUT2D eigenvalue weighted by Gasteiger charge is -2.48. The van der Waals surface area contributed by atoms with Crippen LogP contribution in [0.25, 0.3) is 0 Å². The highest BCUT2D eigenvalue weighted by Crippen LogP contribution is 2.34. The molecule has 0 spiro atoms. The number of ether oxygens (including phenoxy) is 6. The van der Waals surface area contributed by atoms with Crippen LogP contribution in [0.15, 0.2) is 48.6 Å². The zero-order valence-corrected chi connectivity index (χ0v) is 67.6. The summed E-state index contributed by atoms with van der Waals surface area (Å²) in [6.45, 7) is 1.79. The first-order valence-electron chi connectivity index (χ1n) is 44.4. The Hall–Kier alpha value is -2.25. The fourth-order valence-corrected chi connectivity index (χ4v) is 15.0. The number of carbonyl (C=O) groups is 1. The molecule has 12 N–H and O–H groups in total. The van der Waals surface area contributed by atoms with Crippen molar-refractivity contribution in [3.63, 3.8) is 0 Å². The van der Waals surface area contributed by atoms with Gasteiger partial charge in [-0.2, -0.15) is 0 Å². The van der Waals surface area contributed by atoms with Crippen LogP contribution in [0.4, 0.5) is 0 Å². The van der Waals surface area contributed by atoms with Gasteiger partial charge in [-0.25, -0.2) is 0 Å². The summed E-state index contributed by atoms with van der Waals surface area (Å²) in [5.74, 6) is -0.269. The van der Waals surface area contributed by atoms with Gasteiger partial charge in [0.2, 0.25) is 5.91 Å².